The number of esters is 2. The minimum atomic E-state index is -4.36. The summed E-state index contributed by atoms with van der Waals surface area (Å²) in [5, 5.41) is 0. The van der Waals surface area contributed by atoms with Crippen molar-refractivity contribution in [3.05, 3.63) is 0 Å². The number of unbranched alkanes of at least 4 members (excludes halogenated alkanes) is 26. The van der Waals surface area contributed by atoms with Crippen LogP contribution in [-0.2, 0) is 32.7 Å². The van der Waals surface area contributed by atoms with E-state index in [9.17, 15) is 19.0 Å². The zero-order chi connectivity index (χ0) is 38.6. The fourth-order valence-electron chi connectivity index (χ4n) is 6.19. The average molecular weight is 763 g/mol. The number of likely N-dealkylation sites (N-methyl/N-ethyl adjacent to an activating group) is 1. The smallest absolute Gasteiger partial charge is 0.462 e. The number of carbonyl (C=O) groups is 2. The van der Waals surface area contributed by atoms with Crippen LogP contribution in [-0.4, -0.2) is 74.9 Å². The standard InChI is InChI=1S/C42H84NO8P/c1-6-8-10-12-14-16-18-20-21-23-24-26-28-30-32-34-41(44)48-38-40(39-50-52(46,47)49-37-36-43(3,4)5)51-42(45)35-33-31-29-27-25-22-19-17-15-13-11-9-7-2/h40H,6-39H2,1-5H3/p+1. The lowest BCUT2D eigenvalue weighted by molar-refractivity contribution is -0.870. The summed E-state index contributed by atoms with van der Waals surface area (Å²) in [5.41, 5.74) is 0. The molecule has 52 heavy (non-hydrogen) atoms. The van der Waals surface area contributed by atoms with Crippen LogP contribution in [0.4, 0.5) is 0 Å². The van der Waals surface area contributed by atoms with Crippen molar-refractivity contribution in [1.82, 2.24) is 0 Å². The molecule has 0 saturated carbocycles. The number of phosphoric acid groups is 1. The first kappa shape index (κ1) is 51.0. The van der Waals surface area contributed by atoms with Gasteiger partial charge in [0.2, 0.25) is 0 Å². The Labute approximate surface area is 321 Å². The number of hydrogen-bond donors (Lipinski definition) is 1. The van der Waals surface area contributed by atoms with Crippen LogP contribution in [0, 0.1) is 0 Å². The number of rotatable bonds is 40. The zero-order valence-corrected chi connectivity index (χ0v) is 35.7. The van der Waals surface area contributed by atoms with Crippen LogP contribution in [0.2, 0.25) is 0 Å². The Balaban J connectivity index is 4.32. The monoisotopic (exact) mass is 763 g/mol. The molecule has 0 radical (unpaired) electrons. The summed E-state index contributed by atoms with van der Waals surface area (Å²) < 4.78 is 34.3. The van der Waals surface area contributed by atoms with Crippen molar-refractivity contribution in [2.45, 2.75) is 213 Å². The number of phosphoric ester groups is 1. The number of nitrogens with zero attached hydrogens (tertiary/aromatic N) is 1. The molecule has 1 N–H and O–H groups in total. The second-order valence-electron chi connectivity index (χ2n) is 16.1. The van der Waals surface area contributed by atoms with Crippen LogP contribution in [0.3, 0.4) is 0 Å². The molecular weight excluding hydrogens is 677 g/mol. The van der Waals surface area contributed by atoms with Crippen LogP contribution in [0.25, 0.3) is 0 Å². The fraction of sp³-hybridized carbons (Fsp3) is 0.952. The van der Waals surface area contributed by atoms with Crippen molar-refractivity contribution in [2.75, 3.05) is 47.5 Å². The third-order valence-electron chi connectivity index (χ3n) is 9.64. The van der Waals surface area contributed by atoms with Crippen LogP contribution in [0.5, 0.6) is 0 Å². The van der Waals surface area contributed by atoms with Gasteiger partial charge in [0.05, 0.1) is 27.7 Å². The highest BCUT2D eigenvalue weighted by atomic mass is 31.2. The van der Waals surface area contributed by atoms with E-state index in [1.807, 2.05) is 21.1 Å². The van der Waals surface area contributed by atoms with Gasteiger partial charge in [-0.1, -0.05) is 181 Å². The maximum atomic E-state index is 12.7. The van der Waals surface area contributed by atoms with Crippen LogP contribution in [0.1, 0.15) is 206 Å². The van der Waals surface area contributed by atoms with Gasteiger partial charge >= 0.3 is 19.8 Å². The lowest BCUT2D eigenvalue weighted by atomic mass is 10.0. The lowest BCUT2D eigenvalue weighted by Crippen LogP contribution is -2.37. The molecule has 0 rings (SSSR count). The number of quaternary nitrogens is 1. The van der Waals surface area contributed by atoms with Gasteiger partial charge in [0.15, 0.2) is 6.10 Å². The molecule has 0 aromatic heterocycles. The molecule has 2 atom stereocenters. The van der Waals surface area contributed by atoms with E-state index in [1.54, 1.807) is 0 Å². The van der Waals surface area contributed by atoms with Crippen molar-refractivity contribution in [1.29, 1.82) is 0 Å². The molecule has 0 aliphatic rings. The summed E-state index contributed by atoms with van der Waals surface area (Å²) >= 11 is 0. The normalized spacial score (nSPS) is 13.6. The minimum absolute atomic E-state index is 0.0367. The highest BCUT2D eigenvalue weighted by Gasteiger charge is 2.27. The Morgan fingerprint density at radius 2 is 0.865 bits per heavy atom. The molecule has 0 spiro atoms. The van der Waals surface area contributed by atoms with Crippen molar-refractivity contribution in [3.63, 3.8) is 0 Å². The Kier molecular flexibility index (Phi) is 35.0. The second-order valence-corrected chi connectivity index (χ2v) is 17.6. The van der Waals surface area contributed by atoms with E-state index in [-0.39, 0.29) is 25.6 Å². The molecule has 310 valence electrons. The van der Waals surface area contributed by atoms with E-state index < -0.39 is 26.5 Å². The van der Waals surface area contributed by atoms with Crippen LogP contribution >= 0.6 is 7.82 Å². The number of carbonyl (C=O) groups excluding carboxylic acids is 2. The molecule has 0 aliphatic heterocycles. The third kappa shape index (κ3) is 38.7. The van der Waals surface area contributed by atoms with E-state index in [4.69, 9.17) is 18.5 Å². The molecule has 2 unspecified atom stereocenters. The summed E-state index contributed by atoms with van der Waals surface area (Å²) in [6.07, 6.45) is 34.2. The molecule has 0 bridgehead atoms. The summed E-state index contributed by atoms with van der Waals surface area (Å²) in [4.78, 5) is 35.3. The fourth-order valence-corrected chi connectivity index (χ4v) is 6.93. The minimum Gasteiger partial charge on any atom is -0.462 e. The quantitative estimate of drug-likeness (QED) is 0.0284. The van der Waals surface area contributed by atoms with Crippen LogP contribution in [0.15, 0.2) is 0 Å². The molecule has 0 saturated heterocycles. The van der Waals surface area contributed by atoms with Crippen LogP contribution < -0.4 is 0 Å². The van der Waals surface area contributed by atoms with Gasteiger partial charge in [-0.2, -0.15) is 0 Å². The van der Waals surface area contributed by atoms with Crippen molar-refractivity contribution >= 4 is 19.8 Å². The van der Waals surface area contributed by atoms with E-state index in [0.717, 1.165) is 38.5 Å². The maximum absolute atomic E-state index is 12.7. The van der Waals surface area contributed by atoms with Gasteiger partial charge in [-0.3, -0.25) is 18.6 Å². The Morgan fingerprint density at radius 3 is 1.23 bits per heavy atom. The third-order valence-corrected chi connectivity index (χ3v) is 10.6. The molecule has 0 heterocycles. The first-order valence-electron chi connectivity index (χ1n) is 21.8. The summed E-state index contributed by atoms with van der Waals surface area (Å²) in [6.45, 7) is 4.45. The molecule has 0 fully saturated rings. The van der Waals surface area contributed by atoms with Gasteiger partial charge in [-0.05, 0) is 12.8 Å². The van der Waals surface area contributed by atoms with E-state index >= 15 is 0 Å². The van der Waals surface area contributed by atoms with E-state index in [2.05, 4.69) is 13.8 Å². The second kappa shape index (κ2) is 35.7. The SMILES string of the molecule is CCCCCCCCCCCCCCCCCC(=O)OCC(COP(=O)(O)OCC[N+](C)(C)C)OC(=O)CCCCCCCCCCCCCCC. The molecule has 10 heteroatoms. The average Bonchev–Trinajstić information content (AvgIpc) is 3.09. The van der Waals surface area contributed by atoms with Crippen molar-refractivity contribution in [2.24, 2.45) is 0 Å². The molecule has 0 aromatic carbocycles. The number of hydrogen-bond acceptors (Lipinski definition) is 7. The topological polar surface area (TPSA) is 108 Å². The van der Waals surface area contributed by atoms with Crippen molar-refractivity contribution < 1.29 is 42.1 Å². The Bertz CT molecular complexity index is 865. The first-order chi connectivity index (χ1) is 25.0. The molecule has 0 amide bonds. The molecule has 0 aliphatic carbocycles. The van der Waals surface area contributed by atoms with E-state index in [1.165, 1.54) is 141 Å². The summed E-state index contributed by atoms with van der Waals surface area (Å²) in [5.74, 6) is -0.785. The highest BCUT2D eigenvalue weighted by Crippen LogP contribution is 2.43. The zero-order valence-electron chi connectivity index (χ0n) is 34.8. The number of ether oxygens (including phenoxy) is 2. The predicted octanol–water partition coefficient (Wildman–Crippen LogP) is 12.0. The van der Waals surface area contributed by atoms with Gasteiger partial charge < -0.3 is 18.9 Å². The Morgan fingerprint density at radius 1 is 0.519 bits per heavy atom. The van der Waals surface area contributed by atoms with Gasteiger partial charge in [0.1, 0.15) is 19.8 Å². The molecule has 0 aromatic rings. The van der Waals surface area contributed by atoms with Gasteiger partial charge in [0.25, 0.3) is 0 Å². The van der Waals surface area contributed by atoms with Gasteiger partial charge in [-0.15, -0.1) is 0 Å². The largest absolute Gasteiger partial charge is 0.472 e. The maximum Gasteiger partial charge on any atom is 0.472 e. The predicted molar refractivity (Wildman–Crippen MR) is 215 cm³/mol. The highest BCUT2D eigenvalue weighted by molar-refractivity contribution is 7.47. The molecular formula is C42H85NO8P+. The van der Waals surface area contributed by atoms with Gasteiger partial charge in [-0.25, -0.2) is 4.57 Å². The summed E-state index contributed by atoms with van der Waals surface area (Å²) in [7, 11) is 1.49. The molecule has 9 nitrogen and oxygen atoms in total. The lowest BCUT2D eigenvalue weighted by Gasteiger charge is -2.24. The Hall–Kier alpha value is -0.990. The van der Waals surface area contributed by atoms with Gasteiger partial charge in [0, 0.05) is 12.8 Å². The van der Waals surface area contributed by atoms with E-state index in [0.29, 0.717) is 17.4 Å². The first-order valence-corrected chi connectivity index (χ1v) is 23.3. The van der Waals surface area contributed by atoms with Crippen molar-refractivity contribution in [3.8, 4) is 0 Å². The summed E-state index contributed by atoms with van der Waals surface area (Å²) in [6, 6.07) is 0.